The summed E-state index contributed by atoms with van der Waals surface area (Å²) >= 11 is 12.6. The molecular weight excluding hydrogens is 335 g/mol. The summed E-state index contributed by atoms with van der Waals surface area (Å²) in [5, 5.41) is 0.296. The van der Waals surface area contributed by atoms with Gasteiger partial charge < -0.3 is 0 Å². The number of alkyl halides is 2. The van der Waals surface area contributed by atoms with Gasteiger partial charge in [-0.15, -0.1) is 23.2 Å². The van der Waals surface area contributed by atoms with E-state index < -0.39 is 0 Å². The Morgan fingerprint density at radius 3 is 2.25 bits per heavy atom. The fraction of sp³-hybridized carbons (Fsp3) is 0.727. The second-order valence-electron chi connectivity index (χ2n) is 7.61. The van der Waals surface area contributed by atoms with Gasteiger partial charge in [-0.05, 0) is 67.9 Å². The minimum atomic E-state index is 0.296. The first-order valence-corrected chi connectivity index (χ1v) is 11.0. The molecule has 1 saturated carbocycles. The van der Waals surface area contributed by atoms with Crippen LogP contribution in [0.25, 0.3) is 0 Å². The van der Waals surface area contributed by atoms with Crippen LogP contribution in [0.3, 0.4) is 0 Å². The maximum atomic E-state index is 6.77. The topological polar surface area (TPSA) is 0 Å². The summed E-state index contributed by atoms with van der Waals surface area (Å²) in [6, 6.07) is 9.20. The van der Waals surface area contributed by atoms with Gasteiger partial charge in [0, 0.05) is 11.3 Å². The van der Waals surface area contributed by atoms with Gasteiger partial charge in [0.15, 0.2) is 0 Å². The van der Waals surface area contributed by atoms with Crippen molar-refractivity contribution < 1.29 is 0 Å². The van der Waals surface area contributed by atoms with E-state index in [0.717, 1.165) is 18.2 Å². The van der Waals surface area contributed by atoms with Crippen LogP contribution >= 0.6 is 23.2 Å². The molecule has 1 aliphatic rings. The van der Waals surface area contributed by atoms with E-state index in [1.54, 1.807) is 0 Å². The van der Waals surface area contributed by atoms with Crippen molar-refractivity contribution >= 4 is 23.2 Å². The average Bonchev–Trinajstić information content (AvgIpc) is 2.62. The molecule has 0 bridgehead atoms. The number of halogens is 2. The number of hydrogen-bond acceptors (Lipinski definition) is 0. The Morgan fingerprint density at radius 1 is 0.958 bits per heavy atom. The third-order valence-electron chi connectivity index (χ3n) is 5.67. The summed E-state index contributed by atoms with van der Waals surface area (Å²) in [6.07, 6.45) is 13.9. The summed E-state index contributed by atoms with van der Waals surface area (Å²) in [4.78, 5) is 0. The third-order valence-corrected chi connectivity index (χ3v) is 6.45. The Kier molecular flexibility index (Phi) is 9.57. The molecule has 24 heavy (non-hydrogen) atoms. The predicted octanol–water partition coefficient (Wildman–Crippen LogP) is 7.39. The summed E-state index contributed by atoms with van der Waals surface area (Å²) < 4.78 is 0. The van der Waals surface area contributed by atoms with Crippen molar-refractivity contribution in [2.24, 2.45) is 11.8 Å². The fourth-order valence-electron chi connectivity index (χ4n) is 4.02. The molecule has 1 unspecified atom stereocenters. The van der Waals surface area contributed by atoms with Crippen LogP contribution in [0, 0.1) is 11.8 Å². The minimum absolute atomic E-state index is 0.296. The van der Waals surface area contributed by atoms with E-state index >= 15 is 0 Å². The van der Waals surface area contributed by atoms with Gasteiger partial charge in [-0.25, -0.2) is 0 Å². The number of aryl methyl sites for hydroxylation is 1. The highest BCUT2D eigenvalue weighted by molar-refractivity contribution is 6.20. The van der Waals surface area contributed by atoms with Crippen LogP contribution in [0.5, 0.6) is 0 Å². The molecule has 2 rings (SSSR count). The normalized spacial score (nSPS) is 22.5. The quantitative estimate of drug-likeness (QED) is 0.298. The standard InChI is InChI=1S/C22H34Cl2/c1-2-3-4-6-18-8-10-20(11-9-18)17-22(24)21-14-12-19(13-15-21)7-5-16-23/h8-11,19,21-22H,2-7,12-17H2,1H3. The molecule has 0 spiro atoms. The van der Waals surface area contributed by atoms with Crippen molar-refractivity contribution in [2.75, 3.05) is 5.88 Å². The van der Waals surface area contributed by atoms with E-state index in [4.69, 9.17) is 23.2 Å². The van der Waals surface area contributed by atoms with Crippen LogP contribution in [0.2, 0.25) is 0 Å². The molecule has 0 nitrogen and oxygen atoms in total. The van der Waals surface area contributed by atoms with Gasteiger partial charge in [-0.1, -0.05) is 56.9 Å². The van der Waals surface area contributed by atoms with Crippen LogP contribution in [0.4, 0.5) is 0 Å². The van der Waals surface area contributed by atoms with E-state index in [1.165, 1.54) is 75.3 Å². The van der Waals surface area contributed by atoms with E-state index in [0.29, 0.717) is 11.3 Å². The molecule has 1 aromatic rings. The van der Waals surface area contributed by atoms with Gasteiger partial charge in [-0.2, -0.15) is 0 Å². The predicted molar refractivity (Wildman–Crippen MR) is 108 cm³/mol. The van der Waals surface area contributed by atoms with Gasteiger partial charge in [-0.3, -0.25) is 0 Å². The van der Waals surface area contributed by atoms with E-state index in [9.17, 15) is 0 Å². The summed E-state index contributed by atoms with van der Waals surface area (Å²) in [7, 11) is 0. The van der Waals surface area contributed by atoms with Crippen molar-refractivity contribution in [2.45, 2.75) is 82.9 Å². The first kappa shape index (κ1) is 20.1. The molecule has 1 aromatic carbocycles. The van der Waals surface area contributed by atoms with Gasteiger partial charge in [0.2, 0.25) is 0 Å². The smallest absolute Gasteiger partial charge is 0.0404 e. The van der Waals surface area contributed by atoms with Gasteiger partial charge >= 0.3 is 0 Å². The SMILES string of the molecule is CCCCCc1ccc(CC(Cl)C2CCC(CCCCl)CC2)cc1. The molecule has 0 saturated heterocycles. The first-order valence-electron chi connectivity index (χ1n) is 10.0. The molecule has 0 radical (unpaired) electrons. The Morgan fingerprint density at radius 2 is 1.62 bits per heavy atom. The second kappa shape index (κ2) is 11.4. The maximum Gasteiger partial charge on any atom is 0.0404 e. The second-order valence-corrected chi connectivity index (χ2v) is 8.54. The van der Waals surface area contributed by atoms with Crippen molar-refractivity contribution in [3.8, 4) is 0 Å². The zero-order valence-electron chi connectivity index (χ0n) is 15.3. The summed E-state index contributed by atoms with van der Waals surface area (Å²) in [6.45, 7) is 2.26. The minimum Gasteiger partial charge on any atom is -0.127 e. The number of rotatable bonds is 10. The van der Waals surface area contributed by atoms with Crippen LogP contribution in [0.15, 0.2) is 24.3 Å². The Bertz CT molecular complexity index is 432. The Hall–Kier alpha value is -0.200. The van der Waals surface area contributed by atoms with Crippen LogP contribution < -0.4 is 0 Å². The molecule has 0 heterocycles. The average molecular weight is 369 g/mol. The van der Waals surface area contributed by atoms with Crippen molar-refractivity contribution in [3.63, 3.8) is 0 Å². The zero-order chi connectivity index (χ0) is 17.2. The largest absolute Gasteiger partial charge is 0.127 e. The molecule has 1 aliphatic carbocycles. The van der Waals surface area contributed by atoms with Gasteiger partial charge in [0.25, 0.3) is 0 Å². The molecule has 136 valence electrons. The zero-order valence-corrected chi connectivity index (χ0v) is 16.8. The lowest BCUT2D eigenvalue weighted by atomic mass is 9.78. The Balaban J connectivity index is 1.73. The summed E-state index contributed by atoms with van der Waals surface area (Å²) in [5.41, 5.74) is 2.87. The van der Waals surface area contributed by atoms with Gasteiger partial charge in [0.05, 0.1) is 0 Å². The molecule has 2 heteroatoms. The van der Waals surface area contributed by atoms with Crippen LogP contribution in [0.1, 0.15) is 75.8 Å². The highest BCUT2D eigenvalue weighted by Crippen LogP contribution is 2.36. The van der Waals surface area contributed by atoms with Crippen molar-refractivity contribution in [1.82, 2.24) is 0 Å². The molecule has 1 atom stereocenters. The van der Waals surface area contributed by atoms with E-state index in [1.807, 2.05) is 0 Å². The molecule has 0 aromatic heterocycles. The Labute approximate surface area is 159 Å². The molecule has 0 aliphatic heterocycles. The first-order chi connectivity index (χ1) is 11.7. The van der Waals surface area contributed by atoms with Gasteiger partial charge in [0.1, 0.15) is 0 Å². The number of hydrogen-bond donors (Lipinski definition) is 0. The number of benzene rings is 1. The molecule has 0 amide bonds. The van der Waals surface area contributed by atoms with Crippen LogP contribution in [-0.4, -0.2) is 11.3 Å². The maximum absolute atomic E-state index is 6.77. The fourth-order valence-corrected chi connectivity index (χ4v) is 4.60. The monoisotopic (exact) mass is 368 g/mol. The lowest BCUT2D eigenvalue weighted by Crippen LogP contribution is -2.23. The van der Waals surface area contributed by atoms with E-state index in [-0.39, 0.29) is 0 Å². The highest BCUT2D eigenvalue weighted by Gasteiger charge is 2.26. The number of unbranched alkanes of at least 4 members (excludes halogenated alkanes) is 2. The molecule has 0 N–H and O–H groups in total. The lowest BCUT2D eigenvalue weighted by molar-refractivity contribution is 0.255. The highest BCUT2D eigenvalue weighted by atomic mass is 35.5. The van der Waals surface area contributed by atoms with E-state index in [2.05, 4.69) is 31.2 Å². The third kappa shape index (κ3) is 6.96. The molecular formula is C22H34Cl2. The summed E-state index contributed by atoms with van der Waals surface area (Å²) in [5.74, 6) is 2.40. The lowest BCUT2D eigenvalue weighted by Gasteiger charge is -2.31. The molecule has 1 fully saturated rings. The van der Waals surface area contributed by atoms with Crippen molar-refractivity contribution in [1.29, 1.82) is 0 Å². The van der Waals surface area contributed by atoms with Crippen LogP contribution in [-0.2, 0) is 12.8 Å². The van der Waals surface area contributed by atoms with Crippen molar-refractivity contribution in [3.05, 3.63) is 35.4 Å².